The first-order valence-electron chi connectivity index (χ1n) is 9.60. The Bertz CT molecular complexity index is 955. The maximum Gasteiger partial charge on any atom is 0.282 e. The molecule has 0 unspecified atom stereocenters. The van der Waals surface area contributed by atoms with Crippen molar-refractivity contribution < 1.29 is 17.5 Å². The summed E-state index contributed by atoms with van der Waals surface area (Å²) < 4.78 is 48.0. The molecular weight excluding hydrogens is 383 g/mol. The third kappa shape index (κ3) is 3.84. The van der Waals surface area contributed by atoms with E-state index in [0.29, 0.717) is 57.8 Å². The number of piperidine rings is 1. The lowest BCUT2D eigenvalue weighted by molar-refractivity contribution is 0.0697. The van der Waals surface area contributed by atoms with Crippen molar-refractivity contribution in [3.63, 3.8) is 0 Å². The number of nitrogens with zero attached hydrogens (tertiary/aromatic N) is 3. The van der Waals surface area contributed by atoms with Gasteiger partial charge in [-0.2, -0.15) is 17.0 Å². The van der Waals surface area contributed by atoms with Crippen molar-refractivity contribution in [1.29, 1.82) is 0 Å². The summed E-state index contributed by atoms with van der Waals surface area (Å²) in [6, 6.07) is 6.98. The van der Waals surface area contributed by atoms with E-state index in [9.17, 15) is 12.8 Å². The van der Waals surface area contributed by atoms with E-state index in [1.165, 1.54) is 10.4 Å². The summed E-state index contributed by atoms with van der Waals surface area (Å²) in [5, 5.41) is 4.23. The van der Waals surface area contributed by atoms with Crippen LogP contribution in [-0.4, -0.2) is 67.4 Å². The van der Waals surface area contributed by atoms with E-state index in [2.05, 4.69) is 10.3 Å². The maximum atomic E-state index is 14.1. The Hall–Kier alpha value is -1.81. The van der Waals surface area contributed by atoms with Gasteiger partial charge in [-0.3, -0.25) is 0 Å². The van der Waals surface area contributed by atoms with Crippen LogP contribution in [0.25, 0.3) is 10.9 Å². The molecule has 0 bridgehead atoms. The van der Waals surface area contributed by atoms with Gasteiger partial charge in [0.05, 0.1) is 13.2 Å². The summed E-state index contributed by atoms with van der Waals surface area (Å²) in [7, 11) is -3.43. The Morgan fingerprint density at radius 1 is 1.14 bits per heavy atom. The molecule has 28 heavy (non-hydrogen) atoms. The summed E-state index contributed by atoms with van der Waals surface area (Å²) in [6.45, 7) is 4.49. The highest BCUT2D eigenvalue weighted by Gasteiger charge is 2.33. The molecule has 0 saturated carbocycles. The maximum absolute atomic E-state index is 14.1. The smallest absolute Gasteiger partial charge is 0.282 e. The Morgan fingerprint density at radius 3 is 2.54 bits per heavy atom. The number of aryl methyl sites for hydroxylation is 1. The van der Waals surface area contributed by atoms with Crippen molar-refractivity contribution in [2.75, 3.05) is 44.7 Å². The summed E-state index contributed by atoms with van der Waals surface area (Å²) in [5.74, 6) is -0.337. The van der Waals surface area contributed by atoms with Crippen LogP contribution in [0.4, 0.5) is 10.1 Å². The molecule has 0 aliphatic carbocycles. The molecule has 0 radical (unpaired) electrons. The van der Waals surface area contributed by atoms with Crippen molar-refractivity contribution in [1.82, 2.24) is 13.6 Å². The summed E-state index contributed by atoms with van der Waals surface area (Å²) in [5.41, 5.74) is 1.95. The van der Waals surface area contributed by atoms with E-state index < -0.39 is 10.2 Å². The number of rotatable bonds is 4. The minimum atomic E-state index is -3.43. The zero-order valence-electron chi connectivity index (χ0n) is 15.9. The SMILES string of the molecule is Cc1cc(NC2CCN(S(=O)(=O)N3CCOCC3)CC2)c2cccc(F)c2n1. The number of para-hydroxylation sites is 1. The number of aromatic nitrogens is 1. The molecule has 1 aromatic carbocycles. The van der Waals surface area contributed by atoms with Crippen LogP contribution >= 0.6 is 0 Å². The van der Waals surface area contributed by atoms with Crippen LogP contribution in [0.5, 0.6) is 0 Å². The van der Waals surface area contributed by atoms with Gasteiger partial charge in [-0.25, -0.2) is 9.37 Å². The predicted octanol–water partition coefficient (Wildman–Crippen LogP) is 2.14. The lowest BCUT2D eigenvalue weighted by Crippen LogP contribution is -2.51. The summed E-state index contributed by atoms with van der Waals surface area (Å²) >= 11 is 0. The second kappa shape index (κ2) is 7.90. The second-order valence-electron chi connectivity index (χ2n) is 7.28. The molecule has 0 amide bonds. The van der Waals surface area contributed by atoms with Gasteiger partial charge in [0.25, 0.3) is 10.2 Å². The van der Waals surface area contributed by atoms with E-state index in [0.717, 1.165) is 16.8 Å². The van der Waals surface area contributed by atoms with E-state index in [4.69, 9.17) is 4.74 Å². The normalized spacial score (nSPS) is 20.5. The Morgan fingerprint density at radius 2 is 1.82 bits per heavy atom. The number of hydrogen-bond acceptors (Lipinski definition) is 5. The third-order valence-corrected chi connectivity index (χ3v) is 7.39. The molecule has 7 nitrogen and oxygen atoms in total. The van der Waals surface area contributed by atoms with Crippen LogP contribution in [0, 0.1) is 12.7 Å². The monoisotopic (exact) mass is 408 g/mol. The van der Waals surface area contributed by atoms with Crippen LogP contribution in [0.2, 0.25) is 0 Å². The van der Waals surface area contributed by atoms with Gasteiger partial charge in [0.1, 0.15) is 11.3 Å². The van der Waals surface area contributed by atoms with Crippen molar-refractivity contribution in [2.45, 2.75) is 25.8 Å². The quantitative estimate of drug-likeness (QED) is 0.839. The standard InChI is InChI=1S/C19H25FN4O3S/c1-14-13-18(16-3-2-4-17(20)19(16)21-14)22-15-5-7-23(8-6-15)28(25,26)24-9-11-27-12-10-24/h2-4,13,15H,5-12H2,1H3,(H,21,22). The fourth-order valence-electron chi connectivity index (χ4n) is 3.85. The van der Waals surface area contributed by atoms with Gasteiger partial charge in [0.15, 0.2) is 0 Å². The van der Waals surface area contributed by atoms with E-state index in [1.54, 1.807) is 10.4 Å². The van der Waals surface area contributed by atoms with E-state index in [1.807, 2.05) is 19.1 Å². The molecule has 1 N–H and O–H groups in total. The lowest BCUT2D eigenvalue weighted by Gasteiger charge is -2.36. The summed E-state index contributed by atoms with van der Waals surface area (Å²) in [4.78, 5) is 4.31. The average molecular weight is 408 g/mol. The Kier molecular flexibility index (Phi) is 5.50. The summed E-state index contributed by atoms with van der Waals surface area (Å²) in [6.07, 6.45) is 1.39. The van der Waals surface area contributed by atoms with E-state index >= 15 is 0 Å². The molecule has 2 aliphatic rings. The molecule has 2 aliphatic heterocycles. The highest BCUT2D eigenvalue weighted by molar-refractivity contribution is 7.86. The molecule has 2 fully saturated rings. The average Bonchev–Trinajstić information content (AvgIpc) is 2.70. The van der Waals surface area contributed by atoms with Gasteiger partial charge in [-0.05, 0) is 31.9 Å². The second-order valence-corrected chi connectivity index (χ2v) is 9.21. The Labute approximate surface area is 164 Å². The highest BCUT2D eigenvalue weighted by Crippen LogP contribution is 2.28. The zero-order chi connectivity index (χ0) is 19.7. The van der Waals surface area contributed by atoms with Crippen LogP contribution < -0.4 is 5.32 Å². The first kappa shape index (κ1) is 19.5. The fourth-order valence-corrected chi connectivity index (χ4v) is 5.46. The topological polar surface area (TPSA) is 74.8 Å². The molecular formula is C19H25FN4O3S. The van der Waals surface area contributed by atoms with Crippen molar-refractivity contribution >= 4 is 26.8 Å². The number of morpholine rings is 1. The predicted molar refractivity (Wildman–Crippen MR) is 106 cm³/mol. The molecule has 2 saturated heterocycles. The number of halogens is 1. The highest BCUT2D eigenvalue weighted by atomic mass is 32.2. The molecule has 0 atom stereocenters. The van der Waals surface area contributed by atoms with E-state index in [-0.39, 0.29) is 11.9 Å². The molecule has 1 aromatic heterocycles. The molecule has 152 valence electrons. The first-order chi connectivity index (χ1) is 13.4. The lowest BCUT2D eigenvalue weighted by atomic mass is 10.1. The van der Waals surface area contributed by atoms with Gasteiger partial charge in [-0.1, -0.05) is 12.1 Å². The van der Waals surface area contributed by atoms with Crippen molar-refractivity contribution in [3.8, 4) is 0 Å². The van der Waals surface area contributed by atoms with Crippen LogP contribution in [-0.2, 0) is 14.9 Å². The van der Waals surface area contributed by atoms with Gasteiger partial charge >= 0.3 is 0 Å². The number of fused-ring (bicyclic) bond motifs is 1. The molecule has 4 rings (SSSR count). The largest absolute Gasteiger partial charge is 0.382 e. The van der Waals surface area contributed by atoms with Crippen molar-refractivity contribution in [2.24, 2.45) is 0 Å². The number of hydrogen-bond donors (Lipinski definition) is 1. The van der Waals surface area contributed by atoms with Crippen LogP contribution in [0.15, 0.2) is 24.3 Å². The molecule has 0 spiro atoms. The molecule has 2 aromatic rings. The fraction of sp³-hybridized carbons (Fsp3) is 0.526. The zero-order valence-corrected chi connectivity index (χ0v) is 16.7. The number of ether oxygens (including phenoxy) is 1. The number of anilines is 1. The molecule has 9 heteroatoms. The number of benzene rings is 1. The Balaban J connectivity index is 1.45. The number of pyridine rings is 1. The minimum absolute atomic E-state index is 0.129. The van der Waals surface area contributed by atoms with Crippen molar-refractivity contribution in [3.05, 3.63) is 35.8 Å². The first-order valence-corrected chi connectivity index (χ1v) is 11.0. The third-order valence-electron chi connectivity index (χ3n) is 5.35. The number of nitrogens with one attached hydrogen (secondary N) is 1. The van der Waals surface area contributed by atoms with Crippen LogP contribution in [0.1, 0.15) is 18.5 Å². The van der Waals surface area contributed by atoms with Gasteiger partial charge < -0.3 is 10.1 Å². The van der Waals surface area contributed by atoms with Gasteiger partial charge in [0.2, 0.25) is 0 Å². The van der Waals surface area contributed by atoms with Crippen LogP contribution in [0.3, 0.4) is 0 Å². The molecule has 3 heterocycles. The van der Waals surface area contributed by atoms with Gasteiger partial charge in [0, 0.05) is 49.0 Å². The minimum Gasteiger partial charge on any atom is -0.382 e. The van der Waals surface area contributed by atoms with Gasteiger partial charge in [-0.15, -0.1) is 0 Å².